The van der Waals surface area contributed by atoms with Gasteiger partial charge in [-0.3, -0.25) is 9.59 Å². The van der Waals surface area contributed by atoms with E-state index in [0.29, 0.717) is 31.1 Å². The minimum absolute atomic E-state index is 0.0756. The third-order valence-corrected chi connectivity index (χ3v) is 5.92. The molecule has 8 nitrogen and oxygen atoms in total. The van der Waals surface area contributed by atoms with Gasteiger partial charge in [0.25, 0.3) is 0 Å². The van der Waals surface area contributed by atoms with Crippen molar-refractivity contribution in [3.05, 3.63) is 65.2 Å². The Morgan fingerprint density at radius 1 is 1.26 bits per heavy atom. The number of rotatable bonds is 13. The Morgan fingerprint density at radius 3 is 2.59 bits per heavy atom. The van der Waals surface area contributed by atoms with Crippen LogP contribution in [-0.2, 0) is 14.3 Å². The predicted molar refractivity (Wildman–Crippen MR) is 151 cm³/mol. The highest BCUT2D eigenvalue weighted by Gasteiger charge is 2.36. The van der Waals surface area contributed by atoms with E-state index in [9.17, 15) is 22.8 Å². The van der Waals surface area contributed by atoms with E-state index in [4.69, 9.17) is 4.74 Å². The molecule has 1 aliphatic rings. The molecule has 1 aliphatic heterocycles. The molecule has 1 fully saturated rings. The largest absolute Gasteiger partial charge is 0.493 e. The quantitative estimate of drug-likeness (QED) is 0.128. The Bertz CT molecular complexity index is 1050. The predicted octanol–water partition coefficient (Wildman–Crippen LogP) is 5.38. The molecule has 1 aromatic heterocycles. The van der Waals surface area contributed by atoms with Crippen molar-refractivity contribution in [1.82, 2.24) is 20.5 Å². The van der Waals surface area contributed by atoms with E-state index < -0.39 is 11.7 Å². The van der Waals surface area contributed by atoms with Crippen molar-refractivity contribution in [1.29, 1.82) is 0 Å². The van der Waals surface area contributed by atoms with Gasteiger partial charge in [0.1, 0.15) is 5.76 Å². The molecule has 39 heavy (non-hydrogen) atoms. The van der Waals surface area contributed by atoms with Crippen LogP contribution in [0.1, 0.15) is 45.7 Å². The molecule has 0 saturated carbocycles. The molecule has 0 radical (unpaired) electrons. The highest BCUT2D eigenvalue weighted by molar-refractivity contribution is 7.13. The molecule has 1 saturated heterocycles. The van der Waals surface area contributed by atoms with Crippen LogP contribution < -0.4 is 16.0 Å². The van der Waals surface area contributed by atoms with E-state index in [1.54, 1.807) is 6.20 Å². The van der Waals surface area contributed by atoms with E-state index in [-0.39, 0.29) is 24.8 Å². The third-order valence-electron chi connectivity index (χ3n) is 5.15. The van der Waals surface area contributed by atoms with E-state index in [1.807, 2.05) is 44.6 Å². The Morgan fingerprint density at radius 2 is 2.00 bits per heavy atom. The van der Waals surface area contributed by atoms with Crippen LogP contribution in [0.4, 0.5) is 18.3 Å². The molecule has 0 aromatic carbocycles. The van der Waals surface area contributed by atoms with Gasteiger partial charge >= 0.3 is 6.18 Å². The van der Waals surface area contributed by atoms with Crippen molar-refractivity contribution in [3.8, 4) is 0 Å². The van der Waals surface area contributed by atoms with Crippen LogP contribution >= 0.6 is 11.3 Å². The first-order valence-corrected chi connectivity index (χ1v) is 13.5. The number of aromatic nitrogens is 1. The zero-order valence-corrected chi connectivity index (χ0v) is 23.6. The Hall–Kier alpha value is -3.54. The van der Waals surface area contributed by atoms with Gasteiger partial charge in [0.05, 0.1) is 24.4 Å². The molecule has 0 aliphatic carbocycles. The molecule has 0 spiro atoms. The molecular formula is C27H38F3N5O3S. The summed E-state index contributed by atoms with van der Waals surface area (Å²) in [6.45, 7) is 7.01. The average Bonchev–Trinajstić information content (AvgIpc) is 3.38. The molecule has 1 aromatic rings. The first-order chi connectivity index (χ1) is 18.7. The van der Waals surface area contributed by atoms with E-state index in [0.717, 1.165) is 30.2 Å². The van der Waals surface area contributed by atoms with Crippen LogP contribution in [0.2, 0.25) is 0 Å². The number of carbonyl (C=O) groups excluding carboxylic acids is 2. The summed E-state index contributed by atoms with van der Waals surface area (Å²) < 4.78 is 45.2. The molecule has 12 heteroatoms. The number of alkyl halides is 3. The fraction of sp³-hybridized carbons (Fsp3) is 0.444. The minimum Gasteiger partial charge on any atom is -0.493 e. The Balaban J connectivity index is 0.000000708. The number of anilines is 1. The summed E-state index contributed by atoms with van der Waals surface area (Å²) in [5.74, 6) is -0.262. The fourth-order valence-electron chi connectivity index (χ4n) is 3.09. The van der Waals surface area contributed by atoms with Gasteiger partial charge in [0.2, 0.25) is 12.3 Å². The number of nitrogens with zero attached hydrogens (tertiary/aromatic N) is 2. The first-order valence-electron chi connectivity index (χ1n) is 12.6. The monoisotopic (exact) mass is 569 g/mol. The maximum Gasteiger partial charge on any atom is 0.419 e. The number of nitrogens with one attached hydrogen (secondary N) is 3. The van der Waals surface area contributed by atoms with Crippen molar-refractivity contribution in [2.24, 2.45) is 0 Å². The van der Waals surface area contributed by atoms with Crippen LogP contribution in [0, 0.1) is 0 Å². The molecule has 0 unspecified atom stereocenters. The number of amides is 2. The van der Waals surface area contributed by atoms with Gasteiger partial charge < -0.3 is 25.6 Å². The van der Waals surface area contributed by atoms with Gasteiger partial charge in [-0.05, 0) is 50.3 Å². The number of hydrogen-bond acceptors (Lipinski definition) is 7. The molecule has 0 bridgehead atoms. The molecule has 2 heterocycles. The molecule has 3 N–H and O–H groups in total. The number of unbranched alkanes of at least 4 members (excludes halogenated alkanes) is 2. The molecule has 2 amide bonds. The van der Waals surface area contributed by atoms with Gasteiger partial charge in [0.15, 0.2) is 5.13 Å². The number of carbonyl (C=O) groups is 2. The topological polar surface area (TPSA) is 95.6 Å². The summed E-state index contributed by atoms with van der Waals surface area (Å²) in [4.78, 5) is 26.5. The second-order valence-corrected chi connectivity index (χ2v) is 9.11. The lowest BCUT2D eigenvalue weighted by Crippen LogP contribution is -2.46. The summed E-state index contributed by atoms with van der Waals surface area (Å²) >= 11 is 1.41. The van der Waals surface area contributed by atoms with Gasteiger partial charge in [-0.15, -0.1) is 11.3 Å². The van der Waals surface area contributed by atoms with Crippen LogP contribution in [0.5, 0.6) is 0 Å². The standard InChI is InChI=1S/C22H30F3N3OS.C5H8N2O2/c1-5-7-8-15-29-20(18(6-2)22(23,24)25)12-10-14-27-21-28-19(16-30-21)17(3)11-9-13-26-4;8-4-7-2-1-6-5(9)3-7/h6,9-14,16,26H,5,7-8,15H2,1-4H3,(H,27,28);4H,1-3H2,(H,6,9)/b13-9-,14-10+,17-11+,18-6+,20-12+;. The molecule has 0 atom stereocenters. The van der Waals surface area contributed by atoms with E-state index >= 15 is 0 Å². The number of halogens is 3. The van der Waals surface area contributed by atoms with Gasteiger partial charge in [0, 0.05) is 31.7 Å². The van der Waals surface area contributed by atoms with Gasteiger partial charge in [-0.25, -0.2) is 4.98 Å². The number of ether oxygens (including phenoxy) is 1. The van der Waals surface area contributed by atoms with Crippen LogP contribution in [-0.4, -0.2) is 61.7 Å². The Kier molecular flexibility index (Phi) is 16.0. The lowest BCUT2D eigenvalue weighted by atomic mass is 10.2. The number of thiazole rings is 1. The summed E-state index contributed by atoms with van der Waals surface area (Å²) in [5.41, 5.74) is 1.05. The molecule has 216 valence electrons. The average molecular weight is 570 g/mol. The van der Waals surface area contributed by atoms with E-state index in [2.05, 4.69) is 20.9 Å². The van der Waals surface area contributed by atoms with Gasteiger partial charge in [-0.1, -0.05) is 31.9 Å². The summed E-state index contributed by atoms with van der Waals surface area (Å²) in [7, 11) is 1.82. The second-order valence-electron chi connectivity index (χ2n) is 8.25. The maximum absolute atomic E-state index is 13.3. The lowest BCUT2D eigenvalue weighted by Gasteiger charge is -2.21. The number of allylic oxidation sites excluding steroid dienone is 7. The lowest BCUT2D eigenvalue weighted by molar-refractivity contribution is -0.130. The first kappa shape index (κ1) is 33.5. The second kappa shape index (κ2) is 18.7. The SMILES string of the molecule is C\C=C(/C(=C\C=C\Nc1nc(/C(C)=C/C=C\NC)cs1)OCCCCC)C(F)(F)F.O=CN1CCNC(=O)C1. The van der Waals surface area contributed by atoms with E-state index in [1.165, 1.54) is 35.3 Å². The van der Waals surface area contributed by atoms with Crippen molar-refractivity contribution >= 4 is 34.4 Å². The maximum atomic E-state index is 13.3. The molecular weight excluding hydrogens is 531 g/mol. The number of hydrogen-bond donors (Lipinski definition) is 3. The Labute approximate surface area is 232 Å². The highest BCUT2D eigenvalue weighted by atomic mass is 32.1. The molecule has 2 rings (SSSR count). The zero-order chi connectivity index (χ0) is 29.1. The van der Waals surface area contributed by atoms with Crippen LogP contribution in [0.15, 0.2) is 59.5 Å². The smallest absolute Gasteiger partial charge is 0.419 e. The van der Waals surface area contributed by atoms with Crippen molar-refractivity contribution < 1.29 is 27.5 Å². The fourth-order valence-corrected chi connectivity index (χ4v) is 3.84. The van der Waals surface area contributed by atoms with Crippen LogP contribution in [0.25, 0.3) is 5.57 Å². The zero-order valence-electron chi connectivity index (χ0n) is 22.8. The summed E-state index contributed by atoms with van der Waals surface area (Å²) in [6.07, 6.45) is 9.83. The van der Waals surface area contributed by atoms with Crippen molar-refractivity contribution in [3.63, 3.8) is 0 Å². The normalized spacial score (nSPS) is 15.2. The van der Waals surface area contributed by atoms with Crippen LogP contribution in [0.3, 0.4) is 0 Å². The number of piperazine rings is 1. The summed E-state index contributed by atoms with van der Waals surface area (Å²) in [5, 5.41) is 11.1. The summed E-state index contributed by atoms with van der Waals surface area (Å²) in [6, 6.07) is 0. The van der Waals surface area contributed by atoms with Crippen molar-refractivity contribution in [2.75, 3.05) is 38.6 Å². The van der Waals surface area contributed by atoms with Gasteiger partial charge in [-0.2, -0.15) is 13.2 Å². The van der Waals surface area contributed by atoms with Crippen molar-refractivity contribution in [2.45, 2.75) is 46.2 Å². The third kappa shape index (κ3) is 13.7. The highest BCUT2D eigenvalue weighted by Crippen LogP contribution is 2.32. The minimum atomic E-state index is -4.47.